The average Bonchev–Trinajstić information content (AvgIpc) is 3.12. The van der Waals surface area contributed by atoms with Crippen LogP contribution in [0.3, 0.4) is 0 Å². The van der Waals surface area contributed by atoms with E-state index in [0.29, 0.717) is 17.6 Å². The van der Waals surface area contributed by atoms with Gasteiger partial charge in [0.1, 0.15) is 6.20 Å². The summed E-state index contributed by atoms with van der Waals surface area (Å²) < 4.78 is 7.02. The molecule has 0 spiro atoms. The van der Waals surface area contributed by atoms with Crippen molar-refractivity contribution in [2.75, 3.05) is 5.32 Å². The van der Waals surface area contributed by atoms with Crippen molar-refractivity contribution in [3.05, 3.63) is 28.4 Å². The monoisotopic (exact) mass is 275 g/mol. The summed E-state index contributed by atoms with van der Waals surface area (Å²) in [6, 6.07) is 3.75. The Labute approximate surface area is 113 Å². The zero-order chi connectivity index (χ0) is 13.7. The highest BCUT2D eigenvalue weighted by atomic mass is 16.6. The second kappa shape index (κ2) is 4.14. The number of aromatic nitrogens is 3. The first-order valence-electron chi connectivity index (χ1n) is 6.62. The highest BCUT2D eigenvalue weighted by molar-refractivity contribution is 5.48. The van der Waals surface area contributed by atoms with Gasteiger partial charge >= 0.3 is 5.82 Å². The van der Waals surface area contributed by atoms with Crippen molar-refractivity contribution in [2.24, 2.45) is 0 Å². The number of imidazole rings is 1. The third kappa shape index (κ3) is 1.72. The quantitative estimate of drug-likeness (QED) is 0.671. The molecule has 0 aromatic carbocycles. The summed E-state index contributed by atoms with van der Waals surface area (Å²) in [4.78, 5) is 14.4. The van der Waals surface area contributed by atoms with Crippen molar-refractivity contribution >= 4 is 17.3 Å². The van der Waals surface area contributed by atoms with Crippen LogP contribution in [0.1, 0.15) is 19.3 Å². The van der Waals surface area contributed by atoms with Gasteiger partial charge in [0.25, 0.3) is 0 Å². The molecule has 0 saturated carbocycles. The molecule has 8 nitrogen and oxygen atoms in total. The smallest absolute Gasteiger partial charge is 0.368 e. The van der Waals surface area contributed by atoms with Crippen molar-refractivity contribution in [2.45, 2.75) is 37.5 Å². The van der Waals surface area contributed by atoms with E-state index in [4.69, 9.17) is 4.74 Å². The van der Waals surface area contributed by atoms with Crippen LogP contribution in [0.2, 0.25) is 0 Å². The molecule has 2 aliphatic rings. The third-order valence-corrected chi connectivity index (χ3v) is 3.97. The number of ether oxygens (including phenoxy) is 1. The molecule has 2 aromatic rings. The van der Waals surface area contributed by atoms with Crippen LogP contribution in [0.4, 0.5) is 11.6 Å². The fraction of sp³-hybridized carbons (Fsp3) is 0.500. The maximum Gasteiger partial charge on any atom is 0.368 e. The predicted octanol–water partition coefficient (Wildman–Crippen LogP) is 1.37. The van der Waals surface area contributed by atoms with Crippen LogP contribution in [0, 0.1) is 10.1 Å². The molecule has 0 radical (unpaired) electrons. The Balaban J connectivity index is 1.63. The maximum atomic E-state index is 10.9. The van der Waals surface area contributed by atoms with Gasteiger partial charge in [-0.25, -0.2) is 4.98 Å². The van der Waals surface area contributed by atoms with Gasteiger partial charge in [-0.05, 0) is 30.3 Å². The van der Waals surface area contributed by atoms with Crippen LogP contribution in [0.5, 0.6) is 0 Å². The van der Waals surface area contributed by atoms with E-state index in [-0.39, 0.29) is 18.0 Å². The molecule has 4 heterocycles. The third-order valence-electron chi connectivity index (χ3n) is 3.97. The molecule has 1 N–H and O–H groups in total. The molecule has 0 amide bonds. The van der Waals surface area contributed by atoms with Gasteiger partial charge in [-0.1, -0.05) is 9.61 Å². The van der Waals surface area contributed by atoms with Crippen molar-refractivity contribution in [3.63, 3.8) is 0 Å². The molecular formula is C12H13N5O3. The maximum absolute atomic E-state index is 10.9. The van der Waals surface area contributed by atoms with Crippen LogP contribution >= 0.6 is 0 Å². The molecule has 2 saturated heterocycles. The minimum atomic E-state index is -0.489. The van der Waals surface area contributed by atoms with E-state index in [1.54, 1.807) is 12.1 Å². The Morgan fingerprint density at radius 3 is 3.05 bits per heavy atom. The van der Waals surface area contributed by atoms with Crippen molar-refractivity contribution < 1.29 is 9.66 Å². The van der Waals surface area contributed by atoms with E-state index in [0.717, 1.165) is 19.3 Å². The minimum Gasteiger partial charge on any atom is -0.373 e. The Morgan fingerprint density at radius 2 is 2.35 bits per heavy atom. The number of nitrogens with one attached hydrogen (secondary N) is 1. The first-order chi connectivity index (χ1) is 9.70. The first kappa shape index (κ1) is 11.6. The summed E-state index contributed by atoms with van der Waals surface area (Å²) >= 11 is 0. The zero-order valence-corrected chi connectivity index (χ0v) is 10.6. The van der Waals surface area contributed by atoms with Gasteiger partial charge in [0, 0.05) is 6.07 Å². The molecule has 8 heteroatoms. The summed E-state index contributed by atoms with van der Waals surface area (Å²) in [6.45, 7) is 0. The van der Waals surface area contributed by atoms with Crippen LogP contribution in [0.25, 0.3) is 5.65 Å². The highest BCUT2D eigenvalue weighted by Gasteiger charge is 2.40. The Kier molecular flexibility index (Phi) is 2.40. The highest BCUT2D eigenvalue weighted by Crippen LogP contribution is 2.35. The van der Waals surface area contributed by atoms with Crippen LogP contribution in [0.15, 0.2) is 18.3 Å². The molecule has 3 unspecified atom stereocenters. The number of hydrogen-bond acceptors (Lipinski definition) is 6. The largest absolute Gasteiger partial charge is 0.373 e. The van der Waals surface area contributed by atoms with Crippen LogP contribution < -0.4 is 5.32 Å². The Morgan fingerprint density at radius 1 is 1.45 bits per heavy atom. The van der Waals surface area contributed by atoms with Crippen LogP contribution in [-0.2, 0) is 4.74 Å². The van der Waals surface area contributed by atoms with E-state index in [1.807, 2.05) is 0 Å². The fourth-order valence-electron chi connectivity index (χ4n) is 3.04. The number of rotatable bonds is 3. The van der Waals surface area contributed by atoms with Gasteiger partial charge < -0.3 is 20.2 Å². The predicted molar refractivity (Wildman–Crippen MR) is 69.6 cm³/mol. The van der Waals surface area contributed by atoms with E-state index in [1.165, 1.54) is 10.7 Å². The second-order valence-corrected chi connectivity index (χ2v) is 5.22. The molecule has 3 atom stereocenters. The molecule has 2 aromatic heterocycles. The molecule has 2 fully saturated rings. The standard InChI is InChI=1S/C12H13N5O3/c18-17(19)12-6-13-11-4-3-10(15-16(11)12)14-8-5-7-1-2-9(8)20-7/h3-4,6-9H,1-2,5H2,(H,14,15). The van der Waals surface area contributed by atoms with E-state index < -0.39 is 4.92 Å². The van der Waals surface area contributed by atoms with Gasteiger partial charge in [-0.3, -0.25) is 0 Å². The zero-order valence-electron chi connectivity index (χ0n) is 10.6. The molecular weight excluding hydrogens is 262 g/mol. The van der Waals surface area contributed by atoms with E-state index in [9.17, 15) is 10.1 Å². The molecule has 4 rings (SSSR count). The summed E-state index contributed by atoms with van der Waals surface area (Å²) in [5.41, 5.74) is 0.464. The topological polar surface area (TPSA) is 94.6 Å². The van der Waals surface area contributed by atoms with Gasteiger partial charge in [0.2, 0.25) is 5.65 Å². The van der Waals surface area contributed by atoms with Gasteiger partial charge in [-0.15, -0.1) is 0 Å². The van der Waals surface area contributed by atoms with E-state index in [2.05, 4.69) is 15.4 Å². The summed E-state index contributed by atoms with van der Waals surface area (Å²) in [5.74, 6) is 0.479. The van der Waals surface area contributed by atoms with Gasteiger partial charge in [0.05, 0.1) is 18.2 Å². The van der Waals surface area contributed by atoms with Crippen molar-refractivity contribution in [1.29, 1.82) is 0 Å². The molecule has 2 aliphatic heterocycles. The fourth-order valence-corrected chi connectivity index (χ4v) is 3.04. The lowest BCUT2D eigenvalue weighted by molar-refractivity contribution is -0.391. The number of nitrogens with zero attached hydrogens (tertiary/aromatic N) is 4. The number of fused-ring (bicyclic) bond motifs is 3. The number of hydrogen-bond donors (Lipinski definition) is 1. The average molecular weight is 275 g/mol. The second-order valence-electron chi connectivity index (χ2n) is 5.22. The molecule has 2 bridgehead atoms. The van der Waals surface area contributed by atoms with Gasteiger partial charge in [0.15, 0.2) is 5.82 Å². The first-order valence-corrected chi connectivity index (χ1v) is 6.62. The molecule has 20 heavy (non-hydrogen) atoms. The van der Waals surface area contributed by atoms with Crippen molar-refractivity contribution in [1.82, 2.24) is 14.6 Å². The Hall–Kier alpha value is -2.22. The SMILES string of the molecule is O=[N+]([O-])c1cnc2ccc(NC3CC4CCC3O4)nn12. The number of anilines is 1. The van der Waals surface area contributed by atoms with Crippen LogP contribution in [-0.4, -0.2) is 37.8 Å². The summed E-state index contributed by atoms with van der Waals surface area (Å²) in [5, 5.41) is 18.5. The lowest BCUT2D eigenvalue weighted by atomic mass is 9.95. The van der Waals surface area contributed by atoms with Gasteiger partial charge in [-0.2, -0.15) is 0 Å². The van der Waals surface area contributed by atoms with E-state index >= 15 is 0 Å². The lowest BCUT2D eigenvalue weighted by Crippen LogP contribution is -2.31. The molecule has 104 valence electrons. The molecule has 0 aliphatic carbocycles. The number of nitro groups is 1. The minimum absolute atomic E-state index is 0.132. The summed E-state index contributed by atoms with van der Waals surface area (Å²) in [7, 11) is 0. The normalized spacial score (nSPS) is 28.1. The lowest BCUT2D eigenvalue weighted by Gasteiger charge is -2.19. The summed E-state index contributed by atoms with van der Waals surface area (Å²) in [6.07, 6.45) is 4.96. The van der Waals surface area contributed by atoms with Crippen molar-refractivity contribution in [3.8, 4) is 0 Å². The Bertz CT molecular complexity index is 685.